The number of hydrogen-bond donors (Lipinski definition) is 0. The Labute approximate surface area is 161 Å². The summed E-state index contributed by atoms with van der Waals surface area (Å²) in [5, 5.41) is 0. The maximum atomic E-state index is 5.52. The summed E-state index contributed by atoms with van der Waals surface area (Å²) in [7, 11) is 1.66. The maximum absolute atomic E-state index is 5.52. The standard InChI is InChI=1S/C22H20N2O2S/c1-3-26-19-10-6-16(7-11-19)15-21-20-5-4-14-24(20)22(27-21)23-17-8-12-18(25-2)13-9-17/h4-15H,3H2,1-2H3/b21-15-,23-22?. The SMILES string of the molecule is CCOc1ccc(/C=c2\sc(=Nc3ccc(OC)cc3)n3cccc23)cc1. The predicted octanol–water partition coefficient (Wildman–Crippen LogP) is 4.19. The van der Waals surface area contributed by atoms with E-state index in [4.69, 9.17) is 14.5 Å². The van der Waals surface area contributed by atoms with E-state index in [1.165, 1.54) is 4.53 Å². The van der Waals surface area contributed by atoms with Crippen molar-refractivity contribution in [3.05, 3.63) is 81.8 Å². The molecule has 0 radical (unpaired) electrons. The summed E-state index contributed by atoms with van der Waals surface area (Å²) in [6.45, 7) is 2.66. The fourth-order valence-electron chi connectivity index (χ4n) is 2.87. The molecule has 0 saturated carbocycles. The number of aromatic nitrogens is 1. The van der Waals surface area contributed by atoms with Crippen LogP contribution in [0.25, 0.3) is 11.6 Å². The van der Waals surface area contributed by atoms with Crippen LogP contribution >= 0.6 is 11.3 Å². The third kappa shape index (κ3) is 3.73. The van der Waals surface area contributed by atoms with Gasteiger partial charge in [0.15, 0.2) is 4.80 Å². The Morgan fingerprint density at radius 3 is 2.44 bits per heavy atom. The van der Waals surface area contributed by atoms with Crippen molar-refractivity contribution in [2.75, 3.05) is 13.7 Å². The summed E-state index contributed by atoms with van der Waals surface area (Å²) in [5.74, 6) is 1.72. The molecule has 0 saturated heterocycles. The summed E-state index contributed by atoms with van der Waals surface area (Å²) in [5.41, 5.74) is 3.20. The summed E-state index contributed by atoms with van der Waals surface area (Å²) in [6, 6.07) is 20.1. The summed E-state index contributed by atoms with van der Waals surface area (Å²) >= 11 is 1.67. The Bertz CT molecular complexity index is 1160. The first-order chi connectivity index (χ1) is 13.3. The number of benzene rings is 2. The highest BCUT2D eigenvalue weighted by Gasteiger charge is 2.03. The van der Waals surface area contributed by atoms with Gasteiger partial charge in [0, 0.05) is 6.20 Å². The third-order valence-corrected chi connectivity index (χ3v) is 5.21. The van der Waals surface area contributed by atoms with Crippen molar-refractivity contribution in [3.8, 4) is 11.5 Å². The zero-order valence-corrected chi connectivity index (χ0v) is 16.1. The van der Waals surface area contributed by atoms with Crippen LogP contribution in [-0.4, -0.2) is 18.1 Å². The smallest absolute Gasteiger partial charge is 0.195 e. The minimum absolute atomic E-state index is 0.676. The molecule has 2 aromatic carbocycles. The van der Waals surface area contributed by atoms with Gasteiger partial charge in [-0.25, -0.2) is 4.99 Å². The molecule has 0 amide bonds. The molecule has 27 heavy (non-hydrogen) atoms. The normalized spacial score (nSPS) is 12.7. The summed E-state index contributed by atoms with van der Waals surface area (Å²) in [4.78, 5) is 5.75. The number of ether oxygens (including phenoxy) is 2. The molecule has 2 heterocycles. The van der Waals surface area contributed by atoms with E-state index in [1.54, 1.807) is 18.4 Å². The monoisotopic (exact) mass is 376 g/mol. The lowest BCUT2D eigenvalue weighted by Gasteiger charge is -2.01. The molecular weight excluding hydrogens is 356 g/mol. The number of thiazole rings is 1. The summed E-state index contributed by atoms with van der Waals surface area (Å²) < 4.78 is 14.0. The van der Waals surface area contributed by atoms with E-state index in [0.29, 0.717) is 6.61 Å². The van der Waals surface area contributed by atoms with Gasteiger partial charge < -0.3 is 9.47 Å². The van der Waals surface area contributed by atoms with Crippen molar-refractivity contribution < 1.29 is 9.47 Å². The van der Waals surface area contributed by atoms with Gasteiger partial charge in [-0.2, -0.15) is 0 Å². The topological polar surface area (TPSA) is 35.2 Å². The molecule has 0 aliphatic rings. The predicted molar refractivity (Wildman–Crippen MR) is 110 cm³/mol. The average Bonchev–Trinajstić information content (AvgIpc) is 3.29. The van der Waals surface area contributed by atoms with Crippen LogP contribution in [0.2, 0.25) is 0 Å². The van der Waals surface area contributed by atoms with E-state index in [-0.39, 0.29) is 0 Å². The molecule has 4 aromatic rings. The Hall–Kier alpha value is -3.05. The van der Waals surface area contributed by atoms with Crippen molar-refractivity contribution in [2.45, 2.75) is 6.92 Å². The minimum Gasteiger partial charge on any atom is -0.497 e. The average molecular weight is 376 g/mol. The zero-order valence-electron chi connectivity index (χ0n) is 15.3. The quantitative estimate of drug-likeness (QED) is 0.524. The lowest BCUT2D eigenvalue weighted by molar-refractivity contribution is 0.340. The van der Waals surface area contributed by atoms with Crippen molar-refractivity contribution in [3.63, 3.8) is 0 Å². The van der Waals surface area contributed by atoms with Gasteiger partial charge in [-0.15, -0.1) is 0 Å². The first-order valence-electron chi connectivity index (χ1n) is 8.80. The Kier molecular flexibility index (Phi) is 4.94. The molecule has 5 heteroatoms. The molecule has 0 unspecified atom stereocenters. The van der Waals surface area contributed by atoms with Gasteiger partial charge in [0.2, 0.25) is 0 Å². The second kappa shape index (κ2) is 7.68. The van der Waals surface area contributed by atoms with Crippen LogP contribution in [0.5, 0.6) is 11.5 Å². The molecule has 0 aliphatic carbocycles. The second-order valence-corrected chi connectivity index (χ2v) is 6.98. The van der Waals surface area contributed by atoms with Gasteiger partial charge in [0.1, 0.15) is 11.5 Å². The molecule has 0 atom stereocenters. The molecule has 0 bridgehead atoms. The molecule has 4 rings (SSSR count). The number of nitrogens with zero attached hydrogens (tertiary/aromatic N) is 2. The largest absolute Gasteiger partial charge is 0.497 e. The van der Waals surface area contributed by atoms with Gasteiger partial charge in [0.25, 0.3) is 0 Å². The summed E-state index contributed by atoms with van der Waals surface area (Å²) in [6.07, 6.45) is 4.23. The maximum Gasteiger partial charge on any atom is 0.195 e. The van der Waals surface area contributed by atoms with E-state index in [9.17, 15) is 0 Å². The molecule has 0 fully saturated rings. The highest BCUT2D eigenvalue weighted by Crippen LogP contribution is 2.17. The fourth-order valence-corrected chi connectivity index (χ4v) is 3.95. The number of fused-ring (bicyclic) bond motifs is 1. The van der Waals surface area contributed by atoms with Crippen LogP contribution in [-0.2, 0) is 0 Å². The highest BCUT2D eigenvalue weighted by molar-refractivity contribution is 7.07. The van der Waals surface area contributed by atoms with E-state index >= 15 is 0 Å². The Balaban J connectivity index is 1.76. The van der Waals surface area contributed by atoms with Crippen molar-refractivity contribution >= 4 is 28.6 Å². The molecule has 0 aliphatic heterocycles. The van der Waals surface area contributed by atoms with Crippen LogP contribution in [0, 0.1) is 0 Å². The number of methoxy groups -OCH3 is 1. The van der Waals surface area contributed by atoms with Crippen molar-refractivity contribution in [1.29, 1.82) is 0 Å². The van der Waals surface area contributed by atoms with Gasteiger partial charge in [-0.05, 0) is 67.1 Å². The van der Waals surface area contributed by atoms with Crippen LogP contribution in [0.15, 0.2) is 71.9 Å². The molecule has 2 aromatic heterocycles. The van der Waals surface area contributed by atoms with Crippen LogP contribution < -0.4 is 18.8 Å². The van der Waals surface area contributed by atoms with Gasteiger partial charge >= 0.3 is 0 Å². The van der Waals surface area contributed by atoms with E-state index in [2.05, 4.69) is 28.7 Å². The third-order valence-electron chi connectivity index (χ3n) is 4.19. The first kappa shape index (κ1) is 17.4. The van der Waals surface area contributed by atoms with Gasteiger partial charge in [-0.1, -0.05) is 23.5 Å². The van der Waals surface area contributed by atoms with E-state index in [0.717, 1.165) is 33.1 Å². The fraction of sp³-hybridized carbons (Fsp3) is 0.136. The van der Waals surface area contributed by atoms with Crippen molar-refractivity contribution in [2.24, 2.45) is 4.99 Å². The van der Waals surface area contributed by atoms with Crippen molar-refractivity contribution in [1.82, 2.24) is 4.40 Å². The second-order valence-electron chi connectivity index (χ2n) is 5.97. The Morgan fingerprint density at radius 2 is 1.74 bits per heavy atom. The van der Waals surface area contributed by atoms with E-state index in [1.807, 2.05) is 55.6 Å². The molecule has 0 spiro atoms. The van der Waals surface area contributed by atoms with Crippen LogP contribution in [0.3, 0.4) is 0 Å². The van der Waals surface area contributed by atoms with Crippen LogP contribution in [0.4, 0.5) is 5.69 Å². The highest BCUT2D eigenvalue weighted by atomic mass is 32.1. The molecule has 4 nitrogen and oxygen atoms in total. The van der Waals surface area contributed by atoms with Crippen LogP contribution in [0.1, 0.15) is 12.5 Å². The van der Waals surface area contributed by atoms with Gasteiger partial charge in [-0.3, -0.25) is 4.40 Å². The number of rotatable bonds is 5. The molecular formula is C22H20N2O2S. The molecule has 136 valence electrons. The minimum atomic E-state index is 0.676. The lowest BCUT2D eigenvalue weighted by atomic mass is 10.2. The first-order valence-corrected chi connectivity index (χ1v) is 9.62. The van der Waals surface area contributed by atoms with E-state index < -0.39 is 0 Å². The number of hydrogen-bond acceptors (Lipinski definition) is 4. The Morgan fingerprint density at radius 1 is 1.00 bits per heavy atom. The van der Waals surface area contributed by atoms with Gasteiger partial charge in [0.05, 0.1) is 29.5 Å². The molecule has 0 N–H and O–H groups in total. The zero-order chi connectivity index (χ0) is 18.6. The lowest BCUT2D eigenvalue weighted by Crippen LogP contribution is -2.02.